The highest BCUT2D eigenvalue weighted by Gasteiger charge is 2.34. The van der Waals surface area contributed by atoms with E-state index in [1.165, 1.54) is 4.90 Å². The number of rotatable bonds is 2. The van der Waals surface area contributed by atoms with Crippen LogP contribution in [0.2, 0.25) is 0 Å². The third-order valence-electron chi connectivity index (χ3n) is 2.57. The molecule has 1 aliphatic heterocycles. The van der Waals surface area contributed by atoms with E-state index in [0.29, 0.717) is 19.5 Å². The van der Waals surface area contributed by atoms with Crippen LogP contribution in [0.5, 0.6) is 0 Å². The van der Waals surface area contributed by atoms with Gasteiger partial charge in [0.05, 0.1) is 0 Å². The molecule has 0 aromatic rings. The minimum Gasteiger partial charge on any atom is -0.480 e. The van der Waals surface area contributed by atoms with Crippen molar-refractivity contribution in [1.82, 2.24) is 10.2 Å². The topological polar surface area (TPSA) is 69.6 Å². The van der Waals surface area contributed by atoms with Gasteiger partial charge in [-0.1, -0.05) is 20.8 Å². The molecular weight excluding hydrogens is 208 g/mol. The summed E-state index contributed by atoms with van der Waals surface area (Å²) in [5.74, 6) is -0.914. The van der Waals surface area contributed by atoms with Crippen molar-refractivity contribution in [3.63, 3.8) is 0 Å². The molecule has 5 nitrogen and oxygen atoms in total. The number of likely N-dealkylation sites (tertiary alicyclic amines) is 1. The molecule has 16 heavy (non-hydrogen) atoms. The van der Waals surface area contributed by atoms with Crippen LogP contribution in [-0.4, -0.2) is 41.1 Å². The molecule has 0 saturated carbocycles. The number of hydrogen-bond donors (Lipinski definition) is 2. The van der Waals surface area contributed by atoms with Gasteiger partial charge in [0.25, 0.3) is 0 Å². The lowest BCUT2D eigenvalue weighted by Crippen LogP contribution is -2.47. The summed E-state index contributed by atoms with van der Waals surface area (Å²) in [4.78, 5) is 24.1. The Morgan fingerprint density at radius 3 is 2.56 bits per heavy atom. The SMILES string of the molecule is CC(C)(C)CNC(=O)N1CCC[C@@H]1C(=O)O. The Hall–Kier alpha value is -1.26. The molecule has 0 aromatic carbocycles. The molecule has 1 saturated heterocycles. The van der Waals surface area contributed by atoms with E-state index in [-0.39, 0.29) is 11.4 Å². The van der Waals surface area contributed by atoms with Crippen LogP contribution in [0.15, 0.2) is 0 Å². The number of carbonyl (C=O) groups excluding carboxylic acids is 1. The van der Waals surface area contributed by atoms with E-state index in [0.717, 1.165) is 6.42 Å². The minimum absolute atomic E-state index is 0.00804. The highest BCUT2D eigenvalue weighted by Crippen LogP contribution is 2.18. The van der Waals surface area contributed by atoms with Crippen molar-refractivity contribution in [3.8, 4) is 0 Å². The van der Waals surface area contributed by atoms with Gasteiger partial charge < -0.3 is 15.3 Å². The Balaban J connectivity index is 2.50. The summed E-state index contributed by atoms with van der Waals surface area (Å²) >= 11 is 0. The second kappa shape index (κ2) is 4.72. The summed E-state index contributed by atoms with van der Waals surface area (Å²) < 4.78 is 0. The Bertz CT molecular complexity index is 283. The molecule has 0 aromatic heterocycles. The molecule has 1 aliphatic rings. The fraction of sp³-hybridized carbons (Fsp3) is 0.818. The number of aliphatic carboxylic acids is 1. The molecule has 0 unspecified atom stereocenters. The first kappa shape index (κ1) is 12.8. The van der Waals surface area contributed by atoms with Crippen LogP contribution in [0.25, 0.3) is 0 Å². The summed E-state index contributed by atoms with van der Waals surface area (Å²) in [5, 5.41) is 11.7. The summed E-state index contributed by atoms with van der Waals surface area (Å²) in [6.07, 6.45) is 1.32. The minimum atomic E-state index is -0.914. The molecule has 1 fully saturated rings. The molecule has 1 heterocycles. The van der Waals surface area contributed by atoms with E-state index in [4.69, 9.17) is 5.11 Å². The lowest BCUT2D eigenvalue weighted by atomic mass is 9.97. The molecule has 0 spiro atoms. The molecule has 0 bridgehead atoms. The van der Waals surface area contributed by atoms with Crippen molar-refractivity contribution in [2.75, 3.05) is 13.1 Å². The summed E-state index contributed by atoms with van der Waals surface area (Å²) in [6, 6.07) is -0.917. The predicted octanol–water partition coefficient (Wildman–Crippen LogP) is 1.29. The second-order valence-corrected chi connectivity index (χ2v) is 5.41. The third-order valence-corrected chi connectivity index (χ3v) is 2.57. The average Bonchev–Trinajstić information content (AvgIpc) is 2.61. The van der Waals surface area contributed by atoms with Gasteiger partial charge >= 0.3 is 12.0 Å². The van der Waals surface area contributed by atoms with Gasteiger partial charge in [-0.15, -0.1) is 0 Å². The predicted molar refractivity (Wildman–Crippen MR) is 60.2 cm³/mol. The zero-order valence-corrected chi connectivity index (χ0v) is 10.1. The lowest BCUT2D eigenvalue weighted by molar-refractivity contribution is -0.141. The fourth-order valence-corrected chi connectivity index (χ4v) is 1.71. The van der Waals surface area contributed by atoms with Gasteiger partial charge in [-0.2, -0.15) is 0 Å². The largest absolute Gasteiger partial charge is 0.480 e. The van der Waals surface area contributed by atoms with Crippen LogP contribution in [0, 0.1) is 5.41 Å². The van der Waals surface area contributed by atoms with E-state index >= 15 is 0 Å². The van der Waals surface area contributed by atoms with Gasteiger partial charge in [0.2, 0.25) is 0 Å². The fourth-order valence-electron chi connectivity index (χ4n) is 1.71. The van der Waals surface area contributed by atoms with Gasteiger partial charge in [0.1, 0.15) is 6.04 Å². The molecule has 1 atom stereocenters. The zero-order valence-electron chi connectivity index (χ0n) is 10.1. The van der Waals surface area contributed by atoms with E-state index in [1.54, 1.807) is 0 Å². The first-order valence-electron chi connectivity index (χ1n) is 5.58. The number of hydrogen-bond acceptors (Lipinski definition) is 2. The van der Waals surface area contributed by atoms with E-state index in [2.05, 4.69) is 5.32 Å². The maximum absolute atomic E-state index is 11.8. The molecule has 2 amide bonds. The Morgan fingerprint density at radius 2 is 2.06 bits per heavy atom. The third kappa shape index (κ3) is 3.40. The maximum atomic E-state index is 11.8. The van der Waals surface area contributed by atoms with Gasteiger partial charge in [0.15, 0.2) is 0 Å². The molecule has 0 radical (unpaired) electrons. The molecule has 2 N–H and O–H groups in total. The Labute approximate surface area is 95.8 Å². The van der Waals surface area contributed by atoms with Crippen molar-refractivity contribution in [3.05, 3.63) is 0 Å². The monoisotopic (exact) mass is 228 g/mol. The molecule has 0 aliphatic carbocycles. The summed E-state index contributed by atoms with van der Waals surface area (Å²) in [6.45, 7) is 7.14. The van der Waals surface area contributed by atoms with Crippen molar-refractivity contribution in [1.29, 1.82) is 0 Å². The smallest absolute Gasteiger partial charge is 0.326 e. The number of nitrogens with zero attached hydrogens (tertiary/aromatic N) is 1. The summed E-state index contributed by atoms with van der Waals surface area (Å²) in [7, 11) is 0. The first-order chi connectivity index (χ1) is 7.31. The van der Waals surface area contributed by atoms with Crippen molar-refractivity contribution in [2.24, 2.45) is 5.41 Å². The zero-order chi connectivity index (χ0) is 12.3. The van der Waals surface area contributed by atoms with Crippen LogP contribution < -0.4 is 5.32 Å². The molecule has 1 rings (SSSR count). The standard InChI is InChI=1S/C11H20N2O3/c1-11(2,3)7-12-10(16)13-6-4-5-8(13)9(14)15/h8H,4-7H2,1-3H3,(H,12,16)(H,14,15)/t8-/m1/s1. The molecule has 92 valence electrons. The van der Waals surface area contributed by atoms with Gasteiger partial charge in [-0.25, -0.2) is 9.59 Å². The van der Waals surface area contributed by atoms with Crippen LogP contribution in [0.1, 0.15) is 33.6 Å². The number of carbonyl (C=O) groups is 2. The van der Waals surface area contributed by atoms with Gasteiger partial charge in [-0.3, -0.25) is 0 Å². The van der Waals surface area contributed by atoms with Crippen molar-refractivity contribution < 1.29 is 14.7 Å². The van der Waals surface area contributed by atoms with E-state index in [1.807, 2.05) is 20.8 Å². The highest BCUT2D eigenvalue weighted by molar-refractivity contribution is 5.83. The van der Waals surface area contributed by atoms with Crippen LogP contribution in [-0.2, 0) is 4.79 Å². The van der Waals surface area contributed by atoms with Crippen LogP contribution >= 0.6 is 0 Å². The van der Waals surface area contributed by atoms with Crippen molar-refractivity contribution in [2.45, 2.75) is 39.7 Å². The first-order valence-corrected chi connectivity index (χ1v) is 5.58. The molecule has 5 heteroatoms. The summed E-state index contributed by atoms with van der Waals surface area (Å²) in [5.41, 5.74) is 0.00804. The number of nitrogens with one attached hydrogen (secondary N) is 1. The number of carboxylic acids is 1. The maximum Gasteiger partial charge on any atom is 0.326 e. The normalized spacial score (nSPS) is 20.9. The van der Waals surface area contributed by atoms with Crippen LogP contribution in [0.3, 0.4) is 0 Å². The van der Waals surface area contributed by atoms with Gasteiger partial charge in [-0.05, 0) is 18.3 Å². The number of carboxylic acid groups (broad SMARTS) is 1. The quantitative estimate of drug-likeness (QED) is 0.748. The lowest BCUT2D eigenvalue weighted by Gasteiger charge is -2.25. The van der Waals surface area contributed by atoms with Crippen LogP contribution in [0.4, 0.5) is 4.79 Å². The number of amides is 2. The Morgan fingerprint density at radius 1 is 1.44 bits per heavy atom. The van der Waals surface area contributed by atoms with E-state index in [9.17, 15) is 9.59 Å². The van der Waals surface area contributed by atoms with E-state index < -0.39 is 12.0 Å². The highest BCUT2D eigenvalue weighted by atomic mass is 16.4. The van der Waals surface area contributed by atoms with Crippen molar-refractivity contribution >= 4 is 12.0 Å². The molecular formula is C11H20N2O3. The Kier molecular flexibility index (Phi) is 3.78. The second-order valence-electron chi connectivity index (χ2n) is 5.41. The van der Waals surface area contributed by atoms with Gasteiger partial charge in [0, 0.05) is 13.1 Å². The average molecular weight is 228 g/mol. The number of urea groups is 1.